The number of amides is 1. The van der Waals surface area contributed by atoms with Crippen molar-refractivity contribution in [2.24, 2.45) is 0 Å². The minimum Gasteiger partial charge on any atom is -0.497 e. The van der Waals surface area contributed by atoms with Crippen LogP contribution in [-0.2, 0) is 19.5 Å². The number of piperazine rings is 1. The molecule has 6 nitrogen and oxygen atoms in total. The number of hydrogen-bond donors (Lipinski definition) is 0. The molecule has 1 fully saturated rings. The number of nitrogens with zero attached hydrogens (tertiary/aromatic N) is 3. The Morgan fingerprint density at radius 3 is 2.29 bits per heavy atom. The predicted molar refractivity (Wildman–Crippen MR) is 138 cm³/mol. The van der Waals surface area contributed by atoms with E-state index in [-0.39, 0.29) is 5.91 Å². The summed E-state index contributed by atoms with van der Waals surface area (Å²) < 4.78 is 10.9. The van der Waals surface area contributed by atoms with Crippen LogP contribution in [0.5, 0.6) is 11.5 Å². The monoisotopic (exact) mass is 471 g/mol. The van der Waals surface area contributed by atoms with Gasteiger partial charge in [-0.2, -0.15) is 0 Å². The number of benzene rings is 3. The third-order valence-corrected chi connectivity index (χ3v) is 7.15. The quantitative estimate of drug-likeness (QED) is 0.539. The van der Waals surface area contributed by atoms with Gasteiger partial charge in [-0.3, -0.25) is 9.69 Å². The first-order chi connectivity index (χ1) is 17.1. The van der Waals surface area contributed by atoms with Gasteiger partial charge >= 0.3 is 0 Å². The summed E-state index contributed by atoms with van der Waals surface area (Å²) in [6.07, 6.45) is 1.06. The van der Waals surface area contributed by atoms with Crippen LogP contribution in [0.15, 0.2) is 66.7 Å². The minimum absolute atomic E-state index is 0.110. The molecule has 0 unspecified atom stereocenters. The Morgan fingerprint density at radius 1 is 0.829 bits per heavy atom. The van der Waals surface area contributed by atoms with Gasteiger partial charge in [0.15, 0.2) is 0 Å². The zero-order valence-corrected chi connectivity index (χ0v) is 20.6. The van der Waals surface area contributed by atoms with Crippen molar-refractivity contribution in [3.8, 4) is 11.5 Å². The predicted octanol–water partition coefficient (Wildman–Crippen LogP) is 4.22. The highest BCUT2D eigenvalue weighted by Crippen LogP contribution is 2.27. The normalized spacial score (nSPS) is 16.1. The summed E-state index contributed by atoms with van der Waals surface area (Å²) in [4.78, 5) is 19.9. The second kappa shape index (κ2) is 10.4. The van der Waals surface area contributed by atoms with Gasteiger partial charge in [-0.05, 0) is 60.0 Å². The molecular formula is C29H33N3O3. The molecule has 2 heterocycles. The van der Waals surface area contributed by atoms with Crippen LogP contribution >= 0.6 is 0 Å². The molecule has 0 bridgehead atoms. The maximum Gasteiger partial charge on any atom is 0.253 e. The van der Waals surface area contributed by atoms with Gasteiger partial charge in [-0.15, -0.1) is 0 Å². The lowest BCUT2D eigenvalue weighted by molar-refractivity contribution is 0.0627. The Kier molecular flexibility index (Phi) is 6.91. The summed E-state index contributed by atoms with van der Waals surface area (Å²) in [5.74, 6) is 1.80. The molecule has 0 N–H and O–H groups in total. The van der Waals surface area contributed by atoms with Crippen molar-refractivity contribution in [3.05, 3.63) is 89.0 Å². The van der Waals surface area contributed by atoms with Gasteiger partial charge in [-0.25, -0.2) is 0 Å². The van der Waals surface area contributed by atoms with Gasteiger partial charge in [0.2, 0.25) is 0 Å². The fourth-order valence-corrected chi connectivity index (χ4v) is 5.07. The van der Waals surface area contributed by atoms with Crippen molar-refractivity contribution in [1.29, 1.82) is 0 Å². The molecular weight excluding hydrogens is 438 g/mol. The van der Waals surface area contributed by atoms with Crippen molar-refractivity contribution in [2.45, 2.75) is 19.5 Å². The number of carbonyl (C=O) groups is 1. The first-order valence-corrected chi connectivity index (χ1v) is 12.3. The third-order valence-electron chi connectivity index (χ3n) is 7.15. The van der Waals surface area contributed by atoms with Crippen LogP contribution in [0.4, 0.5) is 5.69 Å². The van der Waals surface area contributed by atoms with Gasteiger partial charge in [0, 0.05) is 62.6 Å². The van der Waals surface area contributed by atoms with Gasteiger partial charge < -0.3 is 19.3 Å². The molecule has 0 radical (unpaired) electrons. The van der Waals surface area contributed by atoms with Crippen molar-refractivity contribution in [2.75, 3.05) is 51.8 Å². The van der Waals surface area contributed by atoms with E-state index in [1.807, 2.05) is 35.2 Å². The molecule has 5 rings (SSSR count). The Balaban J connectivity index is 1.17. The van der Waals surface area contributed by atoms with Gasteiger partial charge in [0.25, 0.3) is 5.91 Å². The molecule has 1 saturated heterocycles. The second-order valence-electron chi connectivity index (χ2n) is 9.23. The number of fused-ring (bicyclic) bond motifs is 1. The number of anilines is 1. The van der Waals surface area contributed by atoms with E-state index in [1.165, 1.54) is 16.8 Å². The summed E-state index contributed by atoms with van der Waals surface area (Å²) in [6, 6.07) is 22.7. The van der Waals surface area contributed by atoms with Crippen LogP contribution in [-0.4, -0.2) is 62.7 Å². The first-order valence-electron chi connectivity index (χ1n) is 12.3. The van der Waals surface area contributed by atoms with Gasteiger partial charge in [-0.1, -0.05) is 24.3 Å². The molecule has 2 aliphatic heterocycles. The van der Waals surface area contributed by atoms with Gasteiger partial charge in [0.05, 0.1) is 14.2 Å². The van der Waals surface area contributed by atoms with Crippen LogP contribution in [0.3, 0.4) is 0 Å². The summed E-state index contributed by atoms with van der Waals surface area (Å²) in [5, 5.41) is 0. The highest BCUT2D eigenvalue weighted by molar-refractivity contribution is 5.94. The fraction of sp³-hybridized carbons (Fsp3) is 0.345. The van der Waals surface area contributed by atoms with Crippen LogP contribution in [0.25, 0.3) is 0 Å². The zero-order chi connectivity index (χ0) is 24.2. The lowest BCUT2D eigenvalue weighted by Gasteiger charge is -2.35. The van der Waals surface area contributed by atoms with Crippen molar-refractivity contribution >= 4 is 11.6 Å². The smallest absolute Gasteiger partial charge is 0.253 e. The Morgan fingerprint density at radius 2 is 1.57 bits per heavy atom. The van der Waals surface area contributed by atoms with Crippen molar-refractivity contribution < 1.29 is 14.3 Å². The van der Waals surface area contributed by atoms with Gasteiger partial charge in [0.1, 0.15) is 11.5 Å². The molecule has 6 heteroatoms. The molecule has 1 amide bonds. The zero-order valence-electron chi connectivity index (χ0n) is 20.6. The molecule has 35 heavy (non-hydrogen) atoms. The van der Waals surface area contributed by atoms with Crippen LogP contribution in [0.1, 0.15) is 27.0 Å². The van der Waals surface area contributed by atoms with E-state index in [1.54, 1.807) is 14.2 Å². The molecule has 0 atom stereocenters. The van der Waals surface area contributed by atoms with Crippen LogP contribution in [0, 0.1) is 0 Å². The van der Waals surface area contributed by atoms with E-state index in [9.17, 15) is 4.79 Å². The summed E-state index contributed by atoms with van der Waals surface area (Å²) >= 11 is 0. The van der Waals surface area contributed by atoms with Crippen molar-refractivity contribution in [3.63, 3.8) is 0 Å². The number of rotatable bonds is 6. The number of hydrogen-bond acceptors (Lipinski definition) is 5. The number of carbonyl (C=O) groups excluding carboxylic acids is 1. The molecule has 0 aliphatic carbocycles. The maximum atomic E-state index is 13.2. The Hall–Kier alpha value is -3.51. The second-order valence-corrected chi connectivity index (χ2v) is 9.23. The summed E-state index contributed by atoms with van der Waals surface area (Å²) in [6.45, 7) is 5.80. The summed E-state index contributed by atoms with van der Waals surface area (Å²) in [5.41, 5.74) is 5.87. The molecule has 0 spiro atoms. The SMILES string of the molecule is COc1ccc(OC)c(CN2CCN(C(=O)c3ccc(N4CCc5ccccc5C4)cc3)CC2)c1. The molecule has 0 aromatic heterocycles. The number of methoxy groups -OCH3 is 2. The van der Waals surface area contributed by atoms with E-state index >= 15 is 0 Å². The Bertz CT molecular complexity index is 1170. The molecule has 0 saturated carbocycles. The lowest BCUT2D eigenvalue weighted by atomic mass is 9.99. The van der Waals surface area contributed by atoms with E-state index in [2.05, 4.69) is 46.2 Å². The average Bonchev–Trinajstić information content (AvgIpc) is 2.93. The fourth-order valence-electron chi connectivity index (χ4n) is 5.07. The molecule has 3 aromatic rings. The van der Waals surface area contributed by atoms with Crippen LogP contribution < -0.4 is 14.4 Å². The molecule has 3 aromatic carbocycles. The van der Waals surface area contributed by atoms with E-state index < -0.39 is 0 Å². The van der Waals surface area contributed by atoms with E-state index in [0.717, 1.165) is 74.9 Å². The summed E-state index contributed by atoms with van der Waals surface area (Å²) in [7, 11) is 3.37. The Labute approximate surface area is 207 Å². The average molecular weight is 472 g/mol. The highest BCUT2D eigenvalue weighted by Gasteiger charge is 2.23. The molecule has 2 aliphatic rings. The van der Waals surface area contributed by atoms with E-state index in [4.69, 9.17) is 9.47 Å². The number of ether oxygens (including phenoxy) is 2. The first kappa shape index (κ1) is 23.2. The van der Waals surface area contributed by atoms with E-state index in [0.29, 0.717) is 0 Å². The largest absolute Gasteiger partial charge is 0.497 e. The topological polar surface area (TPSA) is 45.3 Å². The van der Waals surface area contributed by atoms with Crippen LogP contribution in [0.2, 0.25) is 0 Å². The lowest BCUT2D eigenvalue weighted by Crippen LogP contribution is -2.48. The molecule has 182 valence electrons. The standard InChI is InChI=1S/C29H33N3O3/c1-34-27-11-12-28(35-2)25(19-27)20-30-15-17-31(18-16-30)29(33)23-7-9-26(10-8-23)32-14-13-22-5-3-4-6-24(22)21-32/h3-12,19H,13-18,20-21H2,1-2H3. The van der Waals surface area contributed by atoms with Crippen molar-refractivity contribution in [1.82, 2.24) is 9.80 Å². The minimum atomic E-state index is 0.110. The highest BCUT2D eigenvalue weighted by atomic mass is 16.5. The maximum absolute atomic E-state index is 13.2. The third kappa shape index (κ3) is 5.13.